The summed E-state index contributed by atoms with van der Waals surface area (Å²) >= 11 is 0. The van der Waals surface area contributed by atoms with Gasteiger partial charge in [0.25, 0.3) is 5.91 Å². The van der Waals surface area contributed by atoms with E-state index < -0.39 is 0 Å². The van der Waals surface area contributed by atoms with Crippen molar-refractivity contribution < 1.29 is 9.21 Å². The van der Waals surface area contributed by atoms with Crippen molar-refractivity contribution in [2.45, 2.75) is 13.5 Å². The Balaban J connectivity index is 1.76. The average molecular weight is 280 g/mol. The second kappa shape index (κ2) is 5.32. The van der Waals surface area contributed by atoms with Crippen molar-refractivity contribution in [3.8, 4) is 0 Å². The second-order valence-electron chi connectivity index (χ2n) is 5.02. The maximum absolute atomic E-state index is 12.1. The molecule has 3 N–H and O–H groups in total. The first-order valence-electron chi connectivity index (χ1n) is 6.75. The molecule has 1 heterocycles. The Bertz CT molecular complexity index is 805. The SMILES string of the molecule is Cc1ccccc1CNC(=O)c1cc2cc(N)ccc2o1. The fourth-order valence-electron chi connectivity index (χ4n) is 2.24. The van der Waals surface area contributed by atoms with Crippen LogP contribution in [0, 0.1) is 6.92 Å². The third kappa shape index (κ3) is 2.74. The lowest BCUT2D eigenvalue weighted by molar-refractivity contribution is 0.0925. The number of nitrogens with one attached hydrogen (secondary N) is 1. The monoisotopic (exact) mass is 280 g/mol. The lowest BCUT2D eigenvalue weighted by Gasteiger charge is -2.06. The fraction of sp³-hybridized carbons (Fsp3) is 0.118. The minimum absolute atomic E-state index is 0.229. The van der Waals surface area contributed by atoms with Gasteiger partial charge in [-0.3, -0.25) is 4.79 Å². The summed E-state index contributed by atoms with van der Waals surface area (Å²) in [5.74, 6) is 0.0669. The zero-order chi connectivity index (χ0) is 14.8. The van der Waals surface area contributed by atoms with Gasteiger partial charge in [-0.25, -0.2) is 0 Å². The number of anilines is 1. The number of aryl methyl sites for hydroxylation is 1. The van der Waals surface area contributed by atoms with E-state index in [0.717, 1.165) is 16.5 Å². The van der Waals surface area contributed by atoms with Gasteiger partial charge >= 0.3 is 0 Å². The highest BCUT2D eigenvalue weighted by atomic mass is 16.3. The Labute approximate surface area is 122 Å². The number of carbonyl (C=O) groups excluding carboxylic acids is 1. The van der Waals surface area contributed by atoms with Crippen LogP contribution in [0.25, 0.3) is 11.0 Å². The van der Waals surface area contributed by atoms with Gasteiger partial charge in [-0.1, -0.05) is 24.3 Å². The molecule has 1 amide bonds. The first-order valence-corrected chi connectivity index (χ1v) is 6.75. The summed E-state index contributed by atoms with van der Waals surface area (Å²) in [6, 6.07) is 15.0. The molecule has 2 aromatic carbocycles. The van der Waals surface area contributed by atoms with Crippen molar-refractivity contribution in [1.29, 1.82) is 0 Å². The Hall–Kier alpha value is -2.75. The Morgan fingerprint density at radius 3 is 2.81 bits per heavy atom. The summed E-state index contributed by atoms with van der Waals surface area (Å²) in [7, 11) is 0. The third-order valence-electron chi connectivity index (χ3n) is 3.46. The number of nitrogens with two attached hydrogens (primary N) is 1. The zero-order valence-electron chi connectivity index (χ0n) is 11.7. The number of hydrogen-bond donors (Lipinski definition) is 2. The molecule has 0 fully saturated rings. The predicted molar refractivity (Wildman–Crippen MR) is 83.0 cm³/mol. The number of benzene rings is 2. The lowest BCUT2D eigenvalue weighted by Crippen LogP contribution is -2.22. The number of furan rings is 1. The van der Waals surface area contributed by atoms with E-state index >= 15 is 0 Å². The van der Waals surface area contributed by atoms with Crippen LogP contribution in [0.1, 0.15) is 21.7 Å². The van der Waals surface area contributed by atoms with Crippen LogP contribution in [0.15, 0.2) is 52.9 Å². The van der Waals surface area contributed by atoms with E-state index in [1.54, 1.807) is 24.3 Å². The number of fused-ring (bicyclic) bond motifs is 1. The Morgan fingerprint density at radius 2 is 2.00 bits per heavy atom. The van der Waals surface area contributed by atoms with Crippen LogP contribution in [0.5, 0.6) is 0 Å². The smallest absolute Gasteiger partial charge is 0.287 e. The van der Waals surface area contributed by atoms with Gasteiger partial charge in [0.1, 0.15) is 5.58 Å². The summed E-state index contributed by atoms with van der Waals surface area (Å²) in [6.07, 6.45) is 0. The highest BCUT2D eigenvalue weighted by molar-refractivity contribution is 5.96. The molecule has 0 spiro atoms. The Kier molecular flexibility index (Phi) is 3.36. The molecule has 0 saturated heterocycles. The quantitative estimate of drug-likeness (QED) is 0.724. The normalized spacial score (nSPS) is 10.7. The molecule has 0 aliphatic rings. The van der Waals surface area contributed by atoms with Crippen LogP contribution in [-0.4, -0.2) is 5.91 Å². The van der Waals surface area contributed by atoms with Crippen molar-refractivity contribution in [3.63, 3.8) is 0 Å². The lowest BCUT2D eigenvalue weighted by atomic mass is 10.1. The molecule has 0 unspecified atom stereocenters. The third-order valence-corrected chi connectivity index (χ3v) is 3.46. The molecule has 106 valence electrons. The van der Waals surface area contributed by atoms with E-state index in [1.165, 1.54) is 0 Å². The van der Waals surface area contributed by atoms with Gasteiger partial charge < -0.3 is 15.5 Å². The molecule has 0 aliphatic heterocycles. The summed E-state index contributed by atoms with van der Waals surface area (Å²) in [5.41, 5.74) is 9.26. The van der Waals surface area contributed by atoms with Crippen molar-refractivity contribution in [1.82, 2.24) is 5.32 Å². The van der Waals surface area contributed by atoms with Gasteiger partial charge in [-0.2, -0.15) is 0 Å². The van der Waals surface area contributed by atoms with Crippen molar-refractivity contribution in [2.24, 2.45) is 0 Å². The standard InChI is InChI=1S/C17H16N2O2/c1-11-4-2-3-5-12(11)10-19-17(20)16-9-13-8-14(18)6-7-15(13)21-16/h2-9H,10,18H2,1H3,(H,19,20). The Morgan fingerprint density at radius 1 is 1.19 bits per heavy atom. The maximum atomic E-state index is 12.1. The molecule has 0 atom stereocenters. The first-order chi connectivity index (χ1) is 10.1. The van der Waals surface area contributed by atoms with E-state index in [9.17, 15) is 4.79 Å². The molecule has 3 rings (SSSR count). The highest BCUT2D eigenvalue weighted by Crippen LogP contribution is 2.21. The highest BCUT2D eigenvalue weighted by Gasteiger charge is 2.12. The molecular formula is C17H16N2O2. The van der Waals surface area contributed by atoms with Crippen LogP contribution in [0.3, 0.4) is 0 Å². The number of hydrogen-bond acceptors (Lipinski definition) is 3. The predicted octanol–water partition coefficient (Wildman–Crippen LogP) is 3.25. The van der Waals surface area contributed by atoms with Gasteiger partial charge in [-0.05, 0) is 42.3 Å². The number of rotatable bonds is 3. The molecule has 3 aromatic rings. The summed E-state index contributed by atoms with van der Waals surface area (Å²) < 4.78 is 5.54. The molecule has 0 radical (unpaired) electrons. The minimum Gasteiger partial charge on any atom is -0.451 e. The fourth-order valence-corrected chi connectivity index (χ4v) is 2.24. The second-order valence-corrected chi connectivity index (χ2v) is 5.02. The van der Waals surface area contributed by atoms with Crippen LogP contribution < -0.4 is 11.1 Å². The van der Waals surface area contributed by atoms with E-state index in [4.69, 9.17) is 10.2 Å². The molecule has 1 aromatic heterocycles. The molecule has 0 aliphatic carbocycles. The van der Waals surface area contributed by atoms with Gasteiger partial charge in [0.05, 0.1) is 0 Å². The maximum Gasteiger partial charge on any atom is 0.287 e. The summed E-state index contributed by atoms with van der Waals surface area (Å²) in [4.78, 5) is 12.1. The summed E-state index contributed by atoms with van der Waals surface area (Å²) in [6.45, 7) is 2.50. The number of nitrogen functional groups attached to an aromatic ring is 1. The van der Waals surface area contributed by atoms with Gasteiger partial charge in [0, 0.05) is 17.6 Å². The van der Waals surface area contributed by atoms with Crippen LogP contribution >= 0.6 is 0 Å². The van der Waals surface area contributed by atoms with Crippen LogP contribution in [0.2, 0.25) is 0 Å². The topological polar surface area (TPSA) is 68.3 Å². The van der Waals surface area contributed by atoms with Crippen molar-refractivity contribution in [2.75, 3.05) is 5.73 Å². The zero-order valence-corrected chi connectivity index (χ0v) is 11.7. The number of amides is 1. The molecule has 4 heteroatoms. The largest absolute Gasteiger partial charge is 0.451 e. The van der Waals surface area contributed by atoms with Gasteiger partial charge in [0.15, 0.2) is 5.76 Å². The van der Waals surface area contributed by atoms with Crippen LogP contribution in [0.4, 0.5) is 5.69 Å². The van der Waals surface area contributed by atoms with E-state index in [-0.39, 0.29) is 5.91 Å². The molecule has 21 heavy (non-hydrogen) atoms. The molecule has 0 saturated carbocycles. The first kappa shape index (κ1) is 13.2. The van der Waals surface area contributed by atoms with Crippen molar-refractivity contribution >= 4 is 22.6 Å². The summed E-state index contributed by atoms with van der Waals surface area (Å²) in [5, 5.41) is 3.70. The number of carbonyl (C=O) groups is 1. The molecule has 0 bridgehead atoms. The van der Waals surface area contributed by atoms with Gasteiger partial charge in [-0.15, -0.1) is 0 Å². The van der Waals surface area contributed by atoms with Gasteiger partial charge in [0.2, 0.25) is 0 Å². The molecule has 4 nitrogen and oxygen atoms in total. The van der Waals surface area contributed by atoms with E-state index in [0.29, 0.717) is 23.6 Å². The average Bonchev–Trinajstić information content (AvgIpc) is 2.89. The van der Waals surface area contributed by atoms with E-state index in [1.807, 2.05) is 31.2 Å². The van der Waals surface area contributed by atoms with Crippen molar-refractivity contribution in [3.05, 3.63) is 65.4 Å². The van der Waals surface area contributed by atoms with E-state index in [2.05, 4.69) is 5.32 Å². The minimum atomic E-state index is -0.229. The molecular weight excluding hydrogens is 264 g/mol. The van der Waals surface area contributed by atoms with Crippen LogP contribution in [-0.2, 0) is 6.54 Å².